The third kappa shape index (κ3) is 3.31. The van der Waals surface area contributed by atoms with Crippen LogP contribution in [0.25, 0.3) is 0 Å². The first kappa shape index (κ1) is 12.2. The summed E-state index contributed by atoms with van der Waals surface area (Å²) in [4.78, 5) is 4.07. The molecule has 1 unspecified atom stereocenters. The van der Waals surface area contributed by atoms with Crippen molar-refractivity contribution < 1.29 is 0 Å². The molecule has 0 bridgehead atoms. The van der Waals surface area contributed by atoms with Gasteiger partial charge in [0.1, 0.15) is 0 Å². The van der Waals surface area contributed by atoms with Crippen molar-refractivity contribution in [3.63, 3.8) is 0 Å². The summed E-state index contributed by atoms with van der Waals surface area (Å²) in [7, 11) is 0. The monoisotopic (exact) mass is 206 g/mol. The highest BCUT2D eigenvalue weighted by molar-refractivity contribution is 5.16. The molecule has 1 atom stereocenters. The molecule has 0 saturated carbocycles. The smallest absolute Gasteiger partial charge is 0.0349 e. The Morgan fingerprint density at radius 3 is 2.20 bits per heavy atom. The lowest BCUT2D eigenvalue weighted by Gasteiger charge is -2.26. The zero-order valence-electron chi connectivity index (χ0n) is 10.0. The first-order chi connectivity index (χ1) is 7.33. The van der Waals surface area contributed by atoms with Gasteiger partial charge in [0.05, 0.1) is 0 Å². The first-order valence-corrected chi connectivity index (χ1v) is 5.96. The summed E-state index contributed by atoms with van der Waals surface area (Å²) >= 11 is 0. The summed E-state index contributed by atoms with van der Waals surface area (Å²) in [5.41, 5.74) is 1.36. The molecule has 0 aliphatic heterocycles. The number of rotatable bonds is 6. The van der Waals surface area contributed by atoms with Crippen molar-refractivity contribution in [2.45, 2.75) is 39.7 Å². The van der Waals surface area contributed by atoms with E-state index >= 15 is 0 Å². The number of hydrogen-bond acceptors (Lipinski definition) is 2. The van der Waals surface area contributed by atoms with Gasteiger partial charge in [-0.3, -0.25) is 4.98 Å². The number of aromatic nitrogens is 1. The molecule has 0 amide bonds. The summed E-state index contributed by atoms with van der Waals surface area (Å²) in [5, 5.41) is 3.57. The van der Waals surface area contributed by atoms with Gasteiger partial charge in [0.2, 0.25) is 0 Å². The van der Waals surface area contributed by atoms with Crippen molar-refractivity contribution in [2.24, 2.45) is 5.92 Å². The molecule has 0 radical (unpaired) electrons. The van der Waals surface area contributed by atoms with Crippen molar-refractivity contribution in [1.82, 2.24) is 10.3 Å². The van der Waals surface area contributed by atoms with E-state index in [4.69, 9.17) is 0 Å². The molecule has 2 nitrogen and oxygen atoms in total. The summed E-state index contributed by atoms with van der Waals surface area (Å²) in [5.74, 6) is 0.715. The maximum absolute atomic E-state index is 4.07. The molecule has 0 spiro atoms. The zero-order chi connectivity index (χ0) is 11.1. The Morgan fingerprint density at radius 2 is 1.73 bits per heavy atom. The van der Waals surface area contributed by atoms with E-state index in [0.29, 0.717) is 12.0 Å². The largest absolute Gasteiger partial charge is 0.310 e. The Balaban J connectivity index is 2.81. The van der Waals surface area contributed by atoms with Crippen molar-refractivity contribution in [3.8, 4) is 0 Å². The van der Waals surface area contributed by atoms with Gasteiger partial charge in [0, 0.05) is 18.4 Å². The van der Waals surface area contributed by atoms with Gasteiger partial charge in [0.15, 0.2) is 0 Å². The number of nitrogens with zero attached hydrogens (tertiary/aromatic N) is 1. The van der Waals surface area contributed by atoms with Crippen LogP contribution in [0.2, 0.25) is 0 Å². The van der Waals surface area contributed by atoms with E-state index in [9.17, 15) is 0 Å². The fourth-order valence-electron chi connectivity index (χ4n) is 2.11. The zero-order valence-corrected chi connectivity index (χ0v) is 10.0. The van der Waals surface area contributed by atoms with Crippen molar-refractivity contribution in [1.29, 1.82) is 0 Å². The molecular weight excluding hydrogens is 184 g/mol. The Morgan fingerprint density at radius 1 is 1.13 bits per heavy atom. The molecule has 1 aromatic rings. The minimum atomic E-state index is 0.480. The van der Waals surface area contributed by atoms with Gasteiger partial charge in [-0.05, 0) is 30.2 Å². The molecule has 1 aromatic heterocycles. The maximum atomic E-state index is 4.07. The van der Waals surface area contributed by atoms with Gasteiger partial charge in [-0.2, -0.15) is 0 Å². The van der Waals surface area contributed by atoms with Crippen molar-refractivity contribution in [2.75, 3.05) is 6.54 Å². The van der Waals surface area contributed by atoms with Crippen LogP contribution in [0.5, 0.6) is 0 Å². The quantitative estimate of drug-likeness (QED) is 0.773. The standard InChI is InChI=1S/C13H22N2/c1-4-11(5-2)13(15-6-3)12-7-9-14-10-8-12/h7-11,13,15H,4-6H2,1-3H3. The SMILES string of the molecule is CCNC(c1ccncc1)C(CC)CC. The fraction of sp³-hybridized carbons (Fsp3) is 0.615. The van der Waals surface area contributed by atoms with Gasteiger partial charge in [-0.1, -0.05) is 33.6 Å². The van der Waals surface area contributed by atoms with Crippen LogP contribution >= 0.6 is 0 Å². The van der Waals surface area contributed by atoms with Crippen molar-refractivity contribution in [3.05, 3.63) is 30.1 Å². The molecule has 0 aliphatic carbocycles. The minimum Gasteiger partial charge on any atom is -0.310 e. The van der Waals surface area contributed by atoms with Crippen molar-refractivity contribution >= 4 is 0 Å². The number of pyridine rings is 1. The third-order valence-corrected chi connectivity index (χ3v) is 3.01. The van der Waals surface area contributed by atoms with Crippen LogP contribution in [0.4, 0.5) is 0 Å². The van der Waals surface area contributed by atoms with Gasteiger partial charge < -0.3 is 5.32 Å². The molecule has 0 aliphatic rings. The van der Waals surface area contributed by atoms with Gasteiger partial charge in [-0.15, -0.1) is 0 Å². The molecule has 0 fully saturated rings. The predicted octanol–water partition coefficient (Wildman–Crippen LogP) is 3.17. The topological polar surface area (TPSA) is 24.9 Å². The molecule has 84 valence electrons. The molecule has 1 rings (SSSR count). The van der Waals surface area contributed by atoms with Crippen LogP contribution in [-0.4, -0.2) is 11.5 Å². The van der Waals surface area contributed by atoms with E-state index in [1.165, 1.54) is 18.4 Å². The van der Waals surface area contributed by atoms with Crippen LogP contribution in [0.3, 0.4) is 0 Å². The van der Waals surface area contributed by atoms with Crippen LogP contribution < -0.4 is 5.32 Å². The second-order valence-corrected chi connectivity index (χ2v) is 3.89. The van der Waals surface area contributed by atoms with E-state index in [-0.39, 0.29) is 0 Å². The van der Waals surface area contributed by atoms with E-state index in [2.05, 4.69) is 43.2 Å². The summed E-state index contributed by atoms with van der Waals surface area (Å²) in [6, 6.07) is 4.71. The maximum Gasteiger partial charge on any atom is 0.0349 e. The normalized spacial score (nSPS) is 13.1. The lowest BCUT2D eigenvalue weighted by Crippen LogP contribution is -2.27. The van der Waals surface area contributed by atoms with E-state index in [1.807, 2.05) is 12.4 Å². The Hall–Kier alpha value is -0.890. The highest BCUT2D eigenvalue weighted by atomic mass is 14.9. The molecule has 0 saturated heterocycles. The number of hydrogen-bond donors (Lipinski definition) is 1. The van der Waals surface area contributed by atoms with Crippen LogP contribution in [0.15, 0.2) is 24.5 Å². The third-order valence-electron chi connectivity index (χ3n) is 3.01. The van der Waals surface area contributed by atoms with Gasteiger partial charge in [-0.25, -0.2) is 0 Å². The molecule has 15 heavy (non-hydrogen) atoms. The molecule has 1 N–H and O–H groups in total. The van der Waals surface area contributed by atoms with Crippen LogP contribution in [0.1, 0.15) is 45.2 Å². The van der Waals surface area contributed by atoms with E-state index < -0.39 is 0 Å². The summed E-state index contributed by atoms with van der Waals surface area (Å²) in [6.45, 7) is 7.71. The average Bonchev–Trinajstić information content (AvgIpc) is 2.30. The summed E-state index contributed by atoms with van der Waals surface area (Å²) in [6.07, 6.45) is 6.19. The highest BCUT2D eigenvalue weighted by Crippen LogP contribution is 2.26. The van der Waals surface area contributed by atoms with Gasteiger partial charge >= 0.3 is 0 Å². The average molecular weight is 206 g/mol. The highest BCUT2D eigenvalue weighted by Gasteiger charge is 2.18. The molecule has 2 heteroatoms. The minimum absolute atomic E-state index is 0.480. The van der Waals surface area contributed by atoms with E-state index in [0.717, 1.165) is 6.54 Å². The second-order valence-electron chi connectivity index (χ2n) is 3.89. The van der Waals surface area contributed by atoms with Crippen LogP contribution in [0, 0.1) is 5.92 Å². The van der Waals surface area contributed by atoms with Crippen LogP contribution in [-0.2, 0) is 0 Å². The lowest BCUT2D eigenvalue weighted by atomic mass is 9.89. The lowest BCUT2D eigenvalue weighted by molar-refractivity contribution is 0.346. The first-order valence-electron chi connectivity index (χ1n) is 5.96. The Kier molecular flexibility index (Phi) is 5.33. The fourth-order valence-corrected chi connectivity index (χ4v) is 2.11. The molecular formula is C13H22N2. The molecule has 0 aromatic carbocycles. The second kappa shape index (κ2) is 6.57. The van der Waals surface area contributed by atoms with Gasteiger partial charge in [0.25, 0.3) is 0 Å². The predicted molar refractivity (Wildman–Crippen MR) is 64.7 cm³/mol. The van der Waals surface area contributed by atoms with E-state index in [1.54, 1.807) is 0 Å². The molecule has 1 heterocycles. The number of nitrogens with one attached hydrogen (secondary N) is 1. The Bertz CT molecular complexity index is 254. The summed E-state index contributed by atoms with van der Waals surface area (Å²) < 4.78 is 0. The Labute approximate surface area is 93.1 Å².